The lowest BCUT2D eigenvalue weighted by Crippen LogP contribution is -2.07. The second-order valence-electron chi connectivity index (χ2n) is 5.03. The minimum Gasteiger partial charge on any atom is -0.383 e. The second kappa shape index (κ2) is 5.81. The molecule has 0 spiro atoms. The largest absolute Gasteiger partial charge is 0.383 e. The molecule has 0 fully saturated rings. The Kier molecular flexibility index (Phi) is 3.50. The van der Waals surface area contributed by atoms with Crippen molar-refractivity contribution in [3.05, 3.63) is 35.9 Å². The number of fused-ring (bicyclic) bond motifs is 1. The first-order valence-corrected chi connectivity index (χ1v) is 7.98. The lowest BCUT2D eigenvalue weighted by Gasteiger charge is -2.04. The number of aromatic nitrogens is 7. The Bertz CT molecular complexity index is 992. The predicted octanol–water partition coefficient (Wildman–Crippen LogP) is 1.47. The van der Waals surface area contributed by atoms with Gasteiger partial charge in [0.15, 0.2) is 5.65 Å². The average molecular weight is 339 g/mol. The van der Waals surface area contributed by atoms with Crippen molar-refractivity contribution in [1.82, 2.24) is 34.7 Å². The fourth-order valence-corrected chi connectivity index (χ4v) is 2.99. The molecule has 10 heteroatoms. The van der Waals surface area contributed by atoms with E-state index in [0.717, 1.165) is 21.8 Å². The van der Waals surface area contributed by atoms with E-state index in [0.29, 0.717) is 24.0 Å². The third-order valence-electron chi connectivity index (χ3n) is 3.38. The highest BCUT2D eigenvalue weighted by Crippen LogP contribution is 2.22. The highest BCUT2D eigenvalue weighted by molar-refractivity contribution is 7.13. The SMILES string of the molecule is Cn1ncc2c(N)nc(NCc3csc(-c4cnccn4)n3)nc21. The van der Waals surface area contributed by atoms with Crippen molar-refractivity contribution in [2.24, 2.45) is 7.05 Å². The number of nitrogen functional groups attached to an aromatic ring is 1. The molecule has 4 aromatic heterocycles. The van der Waals surface area contributed by atoms with Gasteiger partial charge in [0.25, 0.3) is 0 Å². The summed E-state index contributed by atoms with van der Waals surface area (Å²) in [6, 6.07) is 0. The van der Waals surface area contributed by atoms with Crippen molar-refractivity contribution >= 4 is 34.1 Å². The van der Waals surface area contributed by atoms with Crippen LogP contribution in [0.3, 0.4) is 0 Å². The molecule has 0 aliphatic heterocycles. The van der Waals surface area contributed by atoms with Gasteiger partial charge in [-0.15, -0.1) is 11.3 Å². The standard InChI is InChI=1S/C14H13N9S/c1-23-12-9(5-19-23)11(15)21-14(22-12)18-4-8-7-24-13(20-8)10-6-16-2-3-17-10/h2-3,5-7H,4H2,1H3,(H3,15,18,21,22). The first kappa shape index (κ1) is 14.5. The van der Waals surface area contributed by atoms with Crippen LogP contribution in [0.15, 0.2) is 30.2 Å². The second-order valence-corrected chi connectivity index (χ2v) is 5.88. The van der Waals surface area contributed by atoms with Gasteiger partial charge in [-0.3, -0.25) is 14.6 Å². The van der Waals surface area contributed by atoms with Crippen LogP contribution in [0.2, 0.25) is 0 Å². The Morgan fingerprint density at radius 2 is 2.12 bits per heavy atom. The molecule has 4 aromatic rings. The fraction of sp³-hybridized carbons (Fsp3) is 0.143. The Labute approximate surface area is 140 Å². The Morgan fingerprint density at radius 1 is 1.21 bits per heavy atom. The van der Waals surface area contributed by atoms with Gasteiger partial charge >= 0.3 is 0 Å². The summed E-state index contributed by atoms with van der Waals surface area (Å²) < 4.78 is 1.66. The van der Waals surface area contributed by atoms with Crippen LogP contribution < -0.4 is 11.1 Å². The lowest BCUT2D eigenvalue weighted by molar-refractivity contribution is 0.785. The summed E-state index contributed by atoms with van der Waals surface area (Å²) in [5.41, 5.74) is 8.25. The molecule has 4 heterocycles. The number of hydrogen-bond acceptors (Lipinski definition) is 9. The van der Waals surface area contributed by atoms with Crippen molar-refractivity contribution in [2.75, 3.05) is 11.1 Å². The van der Waals surface area contributed by atoms with Crippen LogP contribution in [0.25, 0.3) is 21.7 Å². The molecule has 0 unspecified atom stereocenters. The van der Waals surface area contributed by atoms with E-state index in [4.69, 9.17) is 5.73 Å². The Hall–Kier alpha value is -3.14. The van der Waals surface area contributed by atoms with Crippen LogP contribution in [0.4, 0.5) is 11.8 Å². The molecule has 0 aliphatic carbocycles. The summed E-state index contributed by atoms with van der Waals surface area (Å²) in [5, 5.41) is 10.8. The van der Waals surface area contributed by atoms with Crippen LogP contribution in [0.1, 0.15) is 5.69 Å². The number of nitrogens with one attached hydrogen (secondary N) is 1. The van der Waals surface area contributed by atoms with E-state index in [1.165, 1.54) is 11.3 Å². The van der Waals surface area contributed by atoms with Crippen LogP contribution >= 0.6 is 11.3 Å². The summed E-state index contributed by atoms with van der Waals surface area (Å²) in [6.07, 6.45) is 6.63. The van der Waals surface area contributed by atoms with E-state index in [2.05, 4.69) is 35.3 Å². The predicted molar refractivity (Wildman–Crippen MR) is 91.2 cm³/mol. The molecule has 24 heavy (non-hydrogen) atoms. The zero-order valence-electron chi connectivity index (χ0n) is 12.7. The molecular weight excluding hydrogens is 326 g/mol. The fourth-order valence-electron chi connectivity index (χ4n) is 2.21. The van der Waals surface area contributed by atoms with E-state index in [9.17, 15) is 0 Å². The van der Waals surface area contributed by atoms with Gasteiger partial charge in [0.05, 0.1) is 30.0 Å². The van der Waals surface area contributed by atoms with E-state index in [1.54, 1.807) is 29.5 Å². The smallest absolute Gasteiger partial charge is 0.227 e. The van der Waals surface area contributed by atoms with Gasteiger partial charge in [0, 0.05) is 24.8 Å². The molecule has 9 nitrogen and oxygen atoms in total. The lowest BCUT2D eigenvalue weighted by atomic mass is 10.4. The van der Waals surface area contributed by atoms with E-state index in [1.807, 2.05) is 12.4 Å². The van der Waals surface area contributed by atoms with Crippen molar-refractivity contribution in [3.8, 4) is 10.7 Å². The first-order chi connectivity index (χ1) is 11.7. The van der Waals surface area contributed by atoms with Crippen LogP contribution in [-0.4, -0.2) is 34.7 Å². The van der Waals surface area contributed by atoms with Gasteiger partial charge in [-0.2, -0.15) is 15.1 Å². The third-order valence-corrected chi connectivity index (χ3v) is 4.30. The Morgan fingerprint density at radius 3 is 2.96 bits per heavy atom. The topological polar surface area (TPSA) is 120 Å². The summed E-state index contributed by atoms with van der Waals surface area (Å²) in [4.78, 5) is 21.5. The number of nitrogens with two attached hydrogens (primary N) is 1. The molecule has 4 rings (SSSR count). The van der Waals surface area contributed by atoms with Gasteiger partial charge < -0.3 is 11.1 Å². The maximum absolute atomic E-state index is 5.95. The van der Waals surface area contributed by atoms with Crippen molar-refractivity contribution in [1.29, 1.82) is 0 Å². The maximum atomic E-state index is 5.95. The van der Waals surface area contributed by atoms with Gasteiger partial charge in [-0.1, -0.05) is 0 Å². The minimum absolute atomic E-state index is 0.397. The number of thiazole rings is 1. The highest BCUT2D eigenvalue weighted by atomic mass is 32.1. The number of hydrogen-bond donors (Lipinski definition) is 2. The monoisotopic (exact) mass is 339 g/mol. The van der Waals surface area contributed by atoms with Crippen LogP contribution in [0.5, 0.6) is 0 Å². The van der Waals surface area contributed by atoms with Crippen molar-refractivity contribution in [3.63, 3.8) is 0 Å². The van der Waals surface area contributed by atoms with Gasteiger partial charge in [-0.25, -0.2) is 4.98 Å². The first-order valence-electron chi connectivity index (χ1n) is 7.10. The summed E-state index contributed by atoms with van der Waals surface area (Å²) in [6.45, 7) is 0.486. The summed E-state index contributed by atoms with van der Waals surface area (Å²) in [7, 11) is 1.81. The number of anilines is 2. The molecule has 3 N–H and O–H groups in total. The highest BCUT2D eigenvalue weighted by Gasteiger charge is 2.10. The van der Waals surface area contributed by atoms with Gasteiger partial charge in [-0.05, 0) is 0 Å². The molecule has 0 amide bonds. The van der Waals surface area contributed by atoms with Crippen LogP contribution in [-0.2, 0) is 13.6 Å². The molecule has 0 saturated carbocycles. The zero-order valence-corrected chi connectivity index (χ0v) is 13.5. The van der Waals surface area contributed by atoms with E-state index >= 15 is 0 Å². The molecule has 0 saturated heterocycles. The van der Waals surface area contributed by atoms with Crippen molar-refractivity contribution < 1.29 is 0 Å². The molecular formula is C14H13N9S. The third kappa shape index (κ3) is 2.63. The molecule has 0 aliphatic rings. The van der Waals surface area contributed by atoms with Gasteiger partial charge in [0.1, 0.15) is 16.5 Å². The Balaban J connectivity index is 1.53. The molecule has 0 bridgehead atoms. The van der Waals surface area contributed by atoms with E-state index < -0.39 is 0 Å². The van der Waals surface area contributed by atoms with Crippen LogP contribution in [0, 0.1) is 0 Å². The molecule has 0 radical (unpaired) electrons. The van der Waals surface area contributed by atoms with Gasteiger partial charge in [0.2, 0.25) is 5.95 Å². The van der Waals surface area contributed by atoms with Crippen molar-refractivity contribution in [2.45, 2.75) is 6.54 Å². The number of nitrogens with zero attached hydrogens (tertiary/aromatic N) is 7. The molecule has 120 valence electrons. The average Bonchev–Trinajstić information content (AvgIpc) is 3.22. The number of aryl methyl sites for hydroxylation is 1. The molecule has 0 aromatic carbocycles. The zero-order chi connectivity index (χ0) is 16.5. The molecule has 0 atom stereocenters. The maximum Gasteiger partial charge on any atom is 0.227 e. The van der Waals surface area contributed by atoms with E-state index in [-0.39, 0.29) is 0 Å². The number of rotatable bonds is 4. The quantitative estimate of drug-likeness (QED) is 0.573. The minimum atomic E-state index is 0.397. The normalized spacial score (nSPS) is 11.0. The summed E-state index contributed by atoms with van der Waals surface area (Å²) >= 11 is 1.51. The summed E-state index contributed by atoms with van der Waals surface area (Å²) in [5.74, 6) is 0.840.